The quantitative estimate of drug-likeness (QED) is 0.655. The number of oxazole rings is 1. The van der Waals surface area contributed by atoms with Gasteiger partial charge in [0.1, 0.15) is 5.52 Å². The molecule has 0 N–H and O–H groups in total. The van der Waals surface area contributed by atoms with Crippen LogP contribution in [0.15, 0.2) is 45.3 Å². The van der Waals surface area contributed by atoms with Gasteiger partial charge in [-0.15, -0.1) is 0 Å². The van der Waals surface area contributed by atoms with E-state index in [0.717, 1.165) is 27.6 Å². The van der Waals surface area contributed by atoms with Crippen LogP contribution in [0.1, 0.15) is 18.1 Å². The van der Waals surface area contributed by atoms with Crippen molar-refractivity contribution in [3.63, 3.8) is 0 Å². The maximum atomic E-state index is 5.82. The smallest absolute Gasteiger partial charge is 0.227 e. The van der Waals surface area contributed by atoms with Crippen molar-refractivity contribution in [2.75, 3.05) is 0 Å². The second-order valence-corrected chi connectivity index (χ2v) is 5.49. The van der Waals surface area contributed by atoms with Gasteiger partial charge in [-0.2, -0.15) is 0 Å². The summed E-state index contributed by atoms with van der Waals surface area (Å²) in [4.78, 5) is 4.57. The Morgan fingerprint density at radius 1 is 1.16 bits per heavy atom. The lowest BCUT2D eigenvalue weighted by Crippen LogP contribution is -1.81. The Hall–Kier alpha value is -1.61. The summed E-state index contributed by atoms with van der Waals surface area (Å²) >= 11 is 3.54. The molecule has 0 saturated heterocycles. The molecule has 1 heterocycles. The molecule has 2 nitrogen and oxygen atoms in total. The van der Waals surface area contributed by atoms with E-state index in [0.29, 0.717) is 5.89 Å². The number of hydrogen-bond donors (Lipinski definition) is 0. The van der Waals surface area contributed by atoms with Crippen molar-refractivity contribution < 1.29 is 4.42 Å². The zero-order chi connectivity index (χ0) is 13.4. The number of aryl methyl sites for hydroxylation is 2. The van der Waals surface area contributed by atoms with Gasteiger partial charge in [0, 0.05) is 10.0 Å². The first kappa shape index (κ1) is 12.4. The molecule has 0 aliphatic rings. The van der Waals surface area contributed by atoms with E-state index in [2.05, 4.69) is 53.0 Å². The molecule has 3 rings (SSSR count). The van der Waals surface area contributed by atoms with E-state index in [1.807, 2.05) is 18.2 Å². The third-order valence-electron chi connectivity index (χ3n) is 3.28. The number of aromatic nitrogens is 1. The maximum Gasteiger partial charge on any atom is 0.227 e. The largest absolute Gasteiger partial charge is 0.436 e. The number of rotatable bonds is 2. The Bertz CT molecular complexity index is 746. The van der Waals surface area contributed by atoms with Gasteiger partial charge in [-0.3, -0.25) is 0 Å². The molecule has 0 radical (unpaired) electrons. The van der Waals surface area contributed by atoms with Crippen LogP contribution in [-0.4, -0.2) is 4.98 Å². The van der Waals surface area contributed by atoms with Crippen LogP contribution in [0.3, 0.4) is 0 Å². The van der Waals surface area contributed by atoms with Crippen LogP contribution in [0.4, 0.5) is 0 Å². The van der Waals surface area contributed by atoms with E-state index in [1.165, 1.54) is 11.1 Å². The molecule has 2 aromatic carbocycles. The summed E-state index contributed by atoms with van der Waals surface area (Å²) in [5.74, 6) is 0.670. The van der Waals surface area contributed by atoms with Gasteiger partial charge in [0.15, 0.2) is 5.58 Å². The van der Waals surface area contributed by atoms with Gasteiger partial charge in [-0.05, 0) is 48.7 Å². The normalized spacial score (nSPS) is 11.1. The lowest BCUT2D eigenvalue weighted by molar-refractivity contribution is 0.619. The number of nitrogens with zero attached hydrogens (tertiary/aromatic N) is 1. The zero-order valence-electron chi connectivity index (χ0n) is 10.9. The number of benzene rings is 2. The van der Waals surface area contributed by atoms with Crippen LogP contribution in [0.5, 0.6) is 0 Å². The molecule has 0 unspecified atom stereocenters. The van der Waals surface area contributed by atoms with Crippen molar-refractivity contribution in [1.82, 2.24) is 4.98 Å². The van der Waals surface area contributed by atoms with Crippen LogP contribution in [0.2, 0.25) is 0 Å². The van der Waals surface area contributed by atoms with E-state index in [4.69, 9.17) is 4.42 Å². The fraction of sp³-hybridized carbons (Fsp3) is 0.188. The minimum absolute atomic E-state index is 0.670. The molecule has 3 heteroatoms. The van der Waals surface area contributed by atoms with Crippen molar-refractivity contribution >= 4 is 27.0 Å². The standard InChI is InChI=1S/C16H14BrNO/c1-3-11-5-7-15-14(8-11)18-16(19-15)12-6-4-10(2)13(17)9-12/h4-9H,3H2,1-2H3. The second kappa shape index (κ2) is 4.82. The maximum absolute atomic E-state index is 5.82. The van der Waals surface area contributed by atoms with Crippen LogP contribution in [0, 0.1) is 6.92 Å². The highest BCUT2D eigenvalue weighted by atomic mass is 79.9. The van der Waals surface area contributed by atoms with Crippen molar-refractivity contribution in [3.8, 4) is 11.5 Å². The van der Waals surface area contributed by atoms with E-state index >= 15 is 0 Å². The van der Waals surface area contributed by atoms with Gasteiger partial charge < -0.3 is 4.42 Å². The minimum atomic E-state index is 0.670. The van der Waals surface area contributed by atoms with Crippen molar-refractivity contribution in [2.24, 2.45) is 0 Å². The molecule has 0 bridgehead atoms. The minimum Gasteiger partial charge on any atom is -0.436 e. The molecule has 0 atom stereocenters. The third kappa shape index (κ3) is 2.30. The Balaban J connectivity index is 2.11. The highest BCUT2D eigenvalue weighted by Crippen LogP contribution is 2.28. The molecule has 1 aromatic heterocycles. The predicted octanol–water partition coefficient (Wildman–Crippen LogP) is 5.13. The molecule has 3 aromatic rings. The summed E-state index contributed by atoms with van der Waals surface area (Å²) in [5, 5.41) is 0. The predicted molar refractivity (Wildman–Crippen MR) is 81.3 cm³/mol. The molecule has 0 aliphatic carbocycles. The van der Waals surface area contributed by atoms with Gasteiger partial charge in [-0.1, -0.05) is 35.0 Å². The zero-order valence-corrected chi connectivity index (χ0v) is 12.5. The fourth-order valence-electron chi connectivity index (χ4n) is 2.04. The van der Waals surface area contributed by atoms with Crippen molar-refractivity contribution in [1.29, 1.82) is 0 Å². The SMILES string of the molecule is CCc1ccc2oc(-c3ccc(C)c(Br)c3)nc2c1. The molecular weight excluding hydrogens is 302 g/mol. The van der Waals surface area contributed by atoms with Crippen LogP contribution >= 0.6 is 15.9 Å². The van der Waals surface area contributed by atoms with Gasteiger partial charge in [0.05, 0.1) is 0 Å². The summed E-state index contributed by atoms with van der Waals surface area (Å²) < 4.78 is 6.89. The molecule has 19 heavy (non-hydrogen) atoms. The summed E-state index contributed by atoms with van der Waals surface area (Å²) in [6.45, 7) is 4.20. The Labute approximate surface area is 120 Å². The average Bonchev–Trinajstić information content (AvgIpc) is 2.84. The number of halogens is 1. The summed E-state index contributed by atoms with van der Waals surface area (Å²) in [5.41, 5.74) is 5.23. The summed E-state index contributed by atoms with van der Waals surface area (Å²) in [6.07, 6.45) is 1.01. The van der Waals surface area contributed by atoms with Crippen molar-refractivity contribution in [2.45, 2.75) is 20.3 Å². The first-order valence-corrected chi connectivity index (χ1v) is 7.12. The molecule has 0 amide bonds. The molecular formula is C16H14BrNO. The third-order valence-corrected chi connectivity index (χ3v) is 4.13. The van der Waals surface area contributed by atoms with E-state index < -0.39 is 0 Å². The Kier molecular flexibility index (Phi) is 3.15. The summed E-state index contributed by atoms with van der Waals surface area (Å²) in [7, 11) is 0. The Morgan fingerprint density at radius 2 is 2.00 bits per heavy atom. The Morgan fingerprint density at radius 3 is 2.74 bits per heavy atom. The highest BCUT2D eigenvalue weighted by molar-refractivity contribution is 9.10. The van der Waals surface area contributed by atoms with Crippen LogP contribution < -0.4 is 0 Å². The van der Waals surface area contributed by atoms with E-state index in [1.54, 1.807) is 0 Å². The van der Waals surface area contributed by atoms with Gasteiger partial charge in [0.2, 0.25) is 5.89 Å². The lowest BCUT2D eigenvalue weighted by atomic mass is 10.1. The monoisotopic (exact) mass is 315 g/mol. The van der Waals surface area contributed by atoms with E-state index in [-0.39, 0.29) is 0 Å². The molecule has 0 saturated carbocycles. The topological polar surface area (TPSA) is 26.0 Å². The first-order chi connectivity index (χ1) is 9.17. The molecule has 0 aliphatic heterocycles. The van der Waals surface area contributed by atoms with Gasteiger partial charge in [0.25, 0.3) is 0 Å². The van der Waals surface area contributed by atoms with Crippen molar-refractivity contribution in [3.05, 3.63) is 52.0 Å². The number of hydrogen-bond acceptors (Lipinski definition) is 2. The highest BCUT2D eigenvalue weighted by Gasteiger charge is 2.09. The summed E-state index contributed by atoms with van der Waals surface area (Å²) in [6, 6.07) is 12.3. The average molecular weight is 316 g/mol. The lowest BCUT2D eigenvalue weighted by Gasteiger charge is -1.99. The van der Waals surface area contributed by atoms with E-state index in [9.17, 15) is 0 Å². The van der Waals surface area contributed by atoms with Gasteiger partial charge >= 0.3 is 0 Å². The fourth-order valence-corrected chi connectivity index (χ4v) is 2.42. The molecule has 0 spiro atoms. The number of fused-ring (bicyclic) bond motifs is 1. The van der Waals surface area contributed by atoms with Crippen LogP contribution in [0.25, 0.3) is 22.6 Å². The molecule has 0 fully saturated rings. The second-order valence-electron chi connectivity index (χ2n) is 4.64. The first-order valence-electron chi connectivity index (χ1n) is 6.33. The van der Waals surface area contributed by atoms with Gasteiger partial charge in [-0.25, -0.2) is 4.98 Å². The van der Waals surface area contributed by atoms with Crippen LogP contribution in [-0.2, 0) is 6.42 Å². The molecule has 96 valence electrons.